The van der Waals surface area contributed by atoms with Gasteiger partial charge in [0.05, 0.1) is 0 Å². The first-order valence-corrected chi connectivity index (χ1v) is 9.23. The minimum atomic E-state index is -3.41. The van der Waals surface area contributed by atoms with Crippen LogP contribution in [0.2, 0.25) is 0 Å². The van der Waals surface area contributed by atoms with Crippen molar-refractivity contribution < 1.29 is 13.2 Å². The first-order valence-electron chi connectivity index (χ1n) is 6.53. The summed E-state index contributed by atoms with van der Waals surface area (Å²) >= 11 is 0.828. The molecule has 0 radical (unpaired) electrons. The van der Waals surface area contributed by atoms with E-state index >= 15 is 0 Å². The lowest BCUT2D eigenvalue weighted by atomic mass is 9.87. The molecular formula is C14H17N3O3S2. The van der Waals surface area contributed by atoms with Crippen molar-refractivity contribution in [1.29, 1.82) is 0 Å². The number of nitrogens with zero attached hydrogens (tertiary/aromatic N) is 2. The number of benzene rings is 1. The third-order valence-corrected chi connectivity index (χ3v) is 5.46. The molecule has 1 aromatic carbocycles. The van der Waals surface area contributed by atoms with Crippen LogP contribution >= 0.6 is 11.3 Å². The molecule has 0 bridgehead atoms. The van der Waals surface area contributed by atoms with Crippen LogP contribution < -0.4 is 5.32 Å². The van der Waals surface area contributed by atoms with Gasteiger partial charge in [0.1, 0.15) is 0 Å². The molecule has 1 amide bonds. The van der Waals surface area contributed by atoms with Crippen LogP contribution in [-0.4, -0.2) is 30.8 Å². The molecule has 1 N–H and O–H groups in total. The van der Waals surface area contributed by atoms with Crippen LogP contribution in [0.1, 0.15) is 36.7 Å². The van der Waals surface area contributed by atoms with Crippen molar-refractivity contribution >= 4 is 32.2 Å². The number of rotatable bonds is 3. The summed E-state index contributed by atoms with van der Waals surface area (Å²) in [6, 6.07) is 7.26. The number of carbonyl (C=O) groups is 1. The smallest absolute Gasteiger partial charge is 0.257 e. The standard InChI is InChI=1S/C14H17N3O3S2/c1-14(2,3)10-7-5-9(6-8-10)11(18)15-12-16-17-13(21-12)22(4,19)20/h5-8H,1-4H3,(H,15,16,18). The normalized spacial score (nSPS) is 12.2. The summed E-state index contributed by atoms with van der Waals surface area (Å²) in [6.07, 6.45) is 1.05. The Kier molecular flexibility index (Phi) is 4.35. The van der Waals surface area contributed by atoms with E-state index in [1.165, 1.54) is 0 Å². The highest BCUT2D eigenvalue weighted by molar-refractivity contribution is 7.92. The van der Waals surface area contributed by atoms with Gasteiger partial charge in [0, 0.05) is 11.8 Å². The van der Waals surface area contributed by atoms with Crippen LogP contribution in [0.4, 0.5) is 5.13 Å². The maximum absolute atomic E-state index is 12.1. The number of carbonyl (C=O) groups excluding carboxylic acids is 1. The highest BCUT2D eigenvalue weighted by Gasteiger charge is 2.17. The van der Waals surface area contributed by atoms with E-state index in [1.54, 1.807) is 12.1 Å². The lowest BCUT2D eigenvalue weighted by Crippen LogP contribution is -2.14. The van der Waals surface area contributed by atoms with Crippen LogP contribution in [0.5, 0.6) is 0 Å². The SMILES string of the molecule is CC(C)(C)c1ccc(C(=O)Nc2nnc(S(C)(=O)=O)s2)cc1. The molecule has 8 heteroatoms. The molecule has 0 aliphatic carbocycles. The Hall–Kier alpha value is -1.80. The van der Waals surface area contributed by atoms with E-state index in [1.807, 2.05) is 12.1 Å². The maximum Gasteiger partial charge on any atom is 0.257 e. The van der Waals surface area contributed by atoms with Crippen LogP contribution in [0.25, 0.3) is 0 Å². The average Bonchev–Trinajstić information content (AvgIpc) is 2.86. The first-order chi connectivity index (χ1) is 10.1. The number of hydrogen-bond acceptors (Lipinski definition) is 6. The molecule has 0 saturated carbocycles. The zero-order chi connectivity index (χ0) is 16.5. The molecule has 6 nitrogen and oxygen atoms in total. The monoisotopic (exact) mass is 339 g/mol. The van der Waals surface area contributed by atoms with Gasteiger partial charge in [0.25, 0.3) is 5.91 Å². The summed E-state index contributed by atoms with van der Waals surface area (Å²) < 4.78 is 22.5. The predicted octanol–water partition coefficient (Wildman–Crippen LogP) is 2.49. The van der Waals surface area contributed by atoms with Crippen molar-refractivity contribution in [2.75, 3.05) is 11.6 Å². The fourth-order valence-electron chi connectivity index (χ4n) is 1.70. The van der Waals surface area contributed by atoms with Crippen molar-refractivity contribution in [2.24, 2.45) is 0 Å². The molecule has 0 saturated heterocycles. The number of anilines is 1. The quantitative estimate of drug-likeness (QED) is 0.868. The van der Waals surface area contributed by atoms with Crippen molar-refractivity contribution in [1.82, 2.24) is 10.2 Å². The Morgan fingerprint density at radius 1 is 1.14 bits per heavy atom. The Morgan fingerprint density at radius 3 is 2.18 bits per heavy atom. The minimum absolute atomic E-state index is 0.0125. The molecule has 1 aromatic heterocycles. The lowest BCUT2D eigenvalue weighted by Gasteiger charge is -2.18. The average molecular weight is 339 g/mol. The molecule has 22 heavy (non-hydrogen) atoms. The van der Waals surface area contributed by atoms with E-state index in [0.29, 0.717) is 5.56 Å². The van der Waals surface area contributed by atoms with E-state index < -0.39 is 9.84 Å². The molecule has 0 unspecified atom stereocenters. The second kappa shape index (κ2) is 5.77. The van der Waals surface area contributed by atoms with Gasteiger partial charge in [0.15, 0.2) is 0 Å². The number of nitrogens with one attached hydrogen (secondary N) is 1. The van der Waals surface area contributed by atoms with Crippen LogP contribution in [0.15, 0.2) is 28.6 Å². The van der Waals surface area contributed by atoms with Crippen LogP contribution in [0, 0.1) is 0 Å². The first kappa shape index (κ1) is 16.6. The molecule has 0 aliphatic rings. The third-order valence-electron chi connectivity index (χ3n) is 2.96. The summed E-state index contributed by atoms with van der Waals surface area (Å²) in [5.74, 6) is -0.350. The Bertz CT molecular complexity index is 787. The Balaban J connectivity index is 2.14. The molecule has 0 spiro atoms. The van der Waals surface area contributed by atoms with Crippen molar-refractivity contribution in [3.63, 3.8) is 0 Å². The molecule has 1 heterocycles. The Morgan fingerprint density at radius 2 is 1.73 bits per heavy atom. The van der Waals surface area contributed by atoms with E-state index in [-0.39, 0.29) is 20.8 Å². The summed E-state index contributed by atoms with van der Waals surface area (Å²) in [6.45, 7) is 6.28. The van der Waals surface area contributed by atoms with Gasteiger partial charge in [-0.2, -0.15) is 0 Å². The van der Waals surface area contributed by atoms with Gasteiger partial charge >= 0.3 is 0 Å². The minimum Gasteiger partial charge on any atom is -0.296 e. The van der Waals surface area contributed by atoms with Crippen molar-refractivity contribution in [3.05, 3.63) is 35.4 Å². The molecular weight excluding hydrogens is 322 g/mol. The van der Waals surface area contributed by atoms with Crippen LogP contribution in [0.3, 0.4) is 0 Å². The second-order valence-corrected chi connectivity index (χ2v) is 9.09. The van der Waals surface area contributed by atoms with E-state index in [0.717, 1.165) is 23.2 Å². The Labute approximate surface area is 133 Å². The van der Waals surface area contributed by atoms with Gasteiger partial charge < -0.3 is 0 Å². The molecule has 2 rings (SSSR count). The topological polar surface area (TPSA) is 89.0 Å². The van der Waals surface area contributed by atoms with Gasteiger partial charge in [-0.05, 0) is 23.1 Å². The molecule has 0 fully saturated rings. The number of aromatic nitrogens is 2. The van der Waals surface area contributed by atoms with Gasteiger partial charge in [0.2, 0.25) is 19.3 Å². The third kappa shape index (κ3) is 3.89. The fourth-order valence-corrected chi connectivity index (χ4v) is 3.20. The number of amides is 1. The number of sulfone groups is 1. The zero-order valence-corrected chi connectivity index (χ0v) is 14.4. The largest absolute Gasteiger partial charge is 0.296 e. The highest BCUT2D eigenvalue weighted by atomic mass is 32.2. The highest BCUT2D eigenvalue weighted by Crippen LogP contribution is 2.23. The van der Waals surface area contributed by atoms with Gasteiger partial charge in [-0.15, -0.1) is 10.2 Å². The van der Waals surface area contributed by atoms with Crippen LogP contribution in [-0.2, 0) is 15.3 Å². The lowest BCUT2D eigenvalue weighted by molar-refractivity contribution is 0.102. The summed E-state index contributed by atoms with van der Waals surface area (Å²) in [5.41, 5.74) is 1.61. The van der Waals surface area contributed by atoms with Crippen molar-refractivity contribution in [3.8, 4) is 0 Å². The summed E-state index contributed by atoms with van der Waals surface area (Å²) in [4.78, 5) is 12.1. The summed E-state index contributed by atoms with van der Waals surface area (Å²) in [5, 5.41) is 9.92. The second-order valence-electron chi connectivity index (χ2n) is 5.93. The van der Waals surface area contributed by atoms with E-state index in [4.69, 9.17) is 0 Å². The van der Waals surface area contributed by atoms with Gasteiger partial charge in [-0.25, -0.2) is 8.42 Å². The maximum atomic E-state index is 12.1. The van der Waals surface area contributed by atoms with E-state index in [9.17, 15) is 13.2 Å². The van der Waals surface area contributed by atoms with Crippen molar-refractivity contribution in [2.45, 2.75) is 30.5 Å². The molecule has 0 aliphatic heterocycles. The number of hydrogen-bond donors (Lipinski definition) is 1. The van der Waals surface area contributed by atoms with Gasteiger partial charge in [-0.3, -0.25) is 10.1 Å². The summed E-state index contributed by atoms with van der Waals surface area (Å²) in [7, 11) is -3.41. The molecule has 2 aromatic rings. The molecule has 0 atom stereocenters. The zero-order valence-electron chi connectivity index (χ0n) is 12.7. The molecule has 118 valence electrons. The van der Waals surface area contributed by atoms with Gasteiger partial charge in [-0.1, -0.05) is 44.2 Å². The van der Waals surface area contributed by atoms with E-state index in [2.05, 4.69) is 36.3 Å². The predicted molar refractivity (Wildman–Crippen MR) is 86.1 cm³/mol. The fraction of sp³-hybridized carbons (Fsp3) is 0.357.